The molecule has 3 aromatic rings. The number of aromatic nitrogens is 3. The van der Waals surface area contributed by atoms with Gasteiger partial charge < -0.3 is 26.6 Å². The van der Waals surface area contributed by atoms with Gasteiger partial charge in [-0.25, -0.2) is 0 Å². The summed E-state index contributed by atoms with van der Waals surface area (Å²) < 4.78 is 0. The van der Waals surface area contributed by atoms with Crippen molar-refractivity contribution in [2.45, 2.75) is 76.3 Å². The number of amides is 4. The average molecular weight is 668 g/mol. The number of imide groups is 1. The molecular formula is C36H45N9O4. The molecule has 2 aliphatic rings. The number of rotatable bonds is 18. The summed E-state index contributed by atoms with van der Waals surface area (Å²) in [6, 6.07) is 16.5. The van der Waals surface area contributed by atoms with Gasteiger partial charge in [-0.05, 0) is 68.5 Å². The summed E-state index contributed by atoms with van der Waals surface area (Å²) in [7, 11) is 0. The van der Waals surface area contributed by atoms with E-state index in [-0.39, 0.29) is 42.6 Å². The molecule has 13 nitrogen and oxygen atoms in total. The first-order valence-corrected chi connectivity index (χ1v) is 17.0. The number of carbonyl (C=O) groups is 4. The van der Waals surface area contributed by atoms with E-state index in [1.165, 1.54) is 12.2 Å². The van der Waals surface area contributed by atoms with E-state index in [2.05, 4.69) is 41.5 Å². The van der Waals surface area contributed by atoms with Gasteiger partial charge in [0.1, 0.15) is 0 Å². The van der Waals surface area contributed by atoms with Crippen LogP contribution in [0.4, 0.5) is 0 Å². The molecule has 2 unspecified atom stereocenters. The SMILES string of the molecule is O=C(CCCN1C(=O)C=CC1=O)NCCCNC(=O)c1ccc(CNC2CC(NCc3ccccn3)CC(NCc3ccccn3)C2)nc1. The van der Waals surface area contributed by atoms with Gasteiger partial charge in [0.15, 0.2) is 0 Å². The maximum Gasteiger partial charge on any atom is 0.253 e. The molecule has 4 amide bonds. The molecule has 1 aliphatic heterocycles. The Morgan fingerprint density at radius 1 is 0.673 bits per heavy atom. The molecule has 5 N–H and O–H groups in total. The third-order valence-electron chi connectivity index (χ3n) is 8.61. The first-order chi connectivity index (χ1) is 23.9. The lowest BCUT2D eigenvalue weighted by molar-refractivity contribution is -0.137. The molecule has 2 atom stereocenters. The maximum atomic E-state index is 12.6. The van der Waals surface area contributed by atoms with E-state index < -0.39 is 0 Å². The van der Waals surface area contributed by atoms with Crippen LogP contribution in [-0.2, 0) is 34.0 Å². The number of hydrogen-bond donors (Lipinski definition) is 5. The van der Waals surface area contributed by atoms with Crippen molar-refractivity contribution in [2.24, 2.45) is 0 Å². The van der Waals surface area contributed by atoms with Crippen molar-refractivity contribution < 1.29 is 19.2 Å². The Balaban J connectivity index is 1.00. The maximum absolute atomic E-state index is 12.6. The Bertz CT molecular complexity index is 1480. The quantitative estimate of drug-likeness (QED) is 0.0996. The van der Waals surface area contributed by atoms with Crippen LogP contribution >= 0.6 is 0 Å². The number of nitrogens with one attached hydrogen (secondary N) is 5. The normalized spacial score (nSPS) is 18.9. The molecule has 1 aliphatic carbocycles. The highest BCUT2D eigenvalue weighted by Crippen LogP contribution is 2.21. The molecule has 258 valence electrons. The van der Waals surface area contributed by atoms with Crippen LogP contribution in [0.3, 0.4) is 0 Å². The van der Waals surface area contributed by atoms with Crippen molar-refractivity contribution in [3.8, 4) is 0 Å². The fourth-order valence-corrected chi connectivity index (χ4v) is 5.99. The van der Waals surface area contributed by atoms with E-state index in [0.29, 0.717) is 50.1 Å². The van der Waals surface area contributed by atoms with Crippen molar-refractivity contribution in [3.05, 3.63) is 102 Å². The van der Waals surface area contributed by atoms with Gasteiger partial charge in [-0.15, -0.1) is 0 Å². The van der Waals surface area contributed by atoms with Crippen molar-refractivity contribution >= 4 is 23.6 Å². The molecule has 0 spiro atoms. The number of hydrogen-bond acceptors (Lipinski definition) is 10. The van der Waals surface area contributed by atoms with Crippen LogP contribution in [0, 0.1) is 0 Å². The highest BCUT2D eigenvalue weighted by Gasteiger charge is 2.28. The molecule has 4 heterocycles. The van der Waals surface area contributed by atoms with Crippen molar-refractivity contribution in [2.75, 3.05) is 19.6 Å². The fourth-order valence-electron chi connectivity index (χ4n) is 5.99. The second-order valence-electron chi connectivity index (χ2n) is 12.3. The minimum absolute atomic E-state index is 0.160. The zero-order valence-electron chi connectivity index (χ0n) is 27.6. The minimum atomic E-state index is -0.346. The second-order valence-corrected chi connectivity index (χ2v) is 12.3. The van der Waals surface area contributed by atoms with Crippen LogP contribution < -0.4 is 26.6 Å². The summed E-state index contributed by atoms with van der Waals surface area (Å²) in [6.45, 7) is 3.05. The Morgan fingerprint density at radius 3 is 1.73 bits per heavy atom. The van der Waals surface area contributed by atoms with Gasteiger partial charge in [-0.1, -0.05) is 12.1 Å². The minimum Gasteiger partial charge on any atom is -0.356 e. The predicted molar refractivity (Wildman–Crippen MR) is 183 cm³/mol. The second kappa shape index (κ2) is 18.6. The predicted octanol–water partition coefficient (Wildman–Crippen LogP) is 1.77. The van der Waals surface area contributed by atoms with Crippen molar-refractivity contribution in [1.29, 1.82) is 0 Å². The van der Waals surface area contributed by atoms with Gasteiger partial charge in [0, 0.05) is 94.6 Å². The Kier molecular flexibility index (Phi) is 13.5. The van der Waals surface area contributed by atoms with E-state index >= 15 is 0 Å². The van der Waals surface area contributed by atoms with Crippen LogP contribution in [0.5, 0.6) is 0 Å². The van der Waals surface area contributed by atoms with Crippen LogP contribution in [0.25, 0.3) is 0 Å². The Morgan fingerprint density at radius 2 is 1.22 bits per heavy atom. The third-order valence-corrected chi connectivity index (χ3v) is 8.61. The lowest BCUT2D eigenvalue weighted by Gasteiger charge is -2.36. The summed E-state index contributed by atoms with van der Waals surface area (Å²) in [6.07, 6.45) is 11.8. The van der Waals surface area contributed by atoms with Crippen LogP contribution in [-0.4, -0.2) is 81.2 Å². The summed E-state index contributed by atoms with van der Waals surface area (Å²) in [5.74, 6) is -1.07. The zero-order chi connectivity index (χ0) is 34.3. The molecule has 3 aromatic heterocycles. The van der Waals surface area contributed by atoms with Crippen LogP contribution in [0.15, 0.2) is 79.3 Å². The lowest BCUT2D eigenvalue weighted by Crippen LogP contribution is -2.50. The molecule has 0 saturated heterocycles. The van der Waals surface area contributed by atoms with Gasteiger partial charge in [0.2, 0.25) is 5.91 Å². The lowest BCUT2D eigenvalue weighted by atomic mass is 9.86. The van der Waals surface area contributed by atoms with E-state index in [1.54, 1.807) is 12.3 Å². The van der Waals surface area contributed by atoms with Gasteiger partial charge in [-0.2, -0.15) is 0 Å². The summed E-state index contributed by atoms with van der Waals surface area (Å²) in [4.78, 5) is 62.4. The molecule has 5 rings (SSSR count). The summed E-state index contributed by atoms with van der Waals surface area (Å²) >= 11 is 0. The summed E-state index contributed by atoms with van der Waals surface area (Å²) in [5.41, 5.74) is 3.38. The molecule has 1 fully saturated rings. The standard InChI is InChI=1S/C36H45N9O4/c46-33(9-5-18-45-34(47)12-13-35(45)48)39-16-6-17-40-36(49)26-10-11-29(41-22-26)25-44-32-20-30(42-23-27-7-1-3-14-37-27)19-31(21-32)43-24-28-8-2-4-15-38-28/h1-4,7-8,10-15,22,30-32,42-44H,5-6,9,16-21,23-25H2,(H,39,46)(H,40,49). The molecule has 1 saturated carbocycles. The zero-order valence-corrected chi connectivity index (χ0v) is 27.6. The van der Waals surface area contributed by atoms with E-state index in [0.717, 1.165) is 54.3 Å². The highest BCUT2D eigenvalue weighted by atomic mass is 16.2. The molecule has 49 heavy (non-hydrogen) atoms. The number of carbonyl (C=O) groups excluding carboxylic acids is 4. The van der Waals surface area contributed by atoms with E-state index in [4.69, 9.17) is 0 Å². The number of pyridine rings is 3. The average Bonchev–Trinajstić information content (AvgIpc) is 3.45. The van der Waals surface area contributed by atoms with Crippen molar-refractivity contribution in [1.82, 2.24) is 46.4 Å². The first kappa shape index (κ1) is 35.5. The number of nitrogens with zero attached hydrogens (tertiary/aromatic N) is 4. The monoisotopic (exact) mass is 667 g/mol. The van der Waals surface area contributed by atoms with Crippen LogP contribution in [0.1, 0.15) is 66.0 Å². The Hall–Kier alpha value is -4.85. The molecule has 13 heteroatoms. The summed E-state index contributed by atoms with van der Waals surface area (Å²) in [5, 5.41) is 16.8. The fraction of sp³-hybridized carbons (Fsp3) is 0.417. The molecular weight excluding hydrogens is 622 g/mol. The third kappa shape index (κ3) is 11.7. The van der Waals surface area contributed by atoms with Crippen molar-refractivity contribution in [3.63, 3.8) is 0 Å². The Labute approximate surface area is 286 Å². The van der Waals surface area contributed by atoms with Gasteiger partial charge in [0.05, 0.1) is 22.6 Å². The van der Waals surface area contributed by atoms with E-state index in [1.807, 2.05) is 54.9 Å². The van der Waals surface area contributed by atoms with Gasteiger partial charge in [0.25, 0.3) is 17.7 Å². The van der Waals surface area contributed by atoms with Gasteiger partial charge >= 0.3 is 0 Å². The van der Waals surface area contributed by atoms with E-state index in [9.17, 15) is 19.2 Å². The highest BCUT2D eigenvalue weighted by molar-refractivity contribution is 6.12. The largest absolute Gasteiger partial charge is 0.356 e. The topological polar surface area (TPSA) is 170 Å². The van der Waals surface area contributed by atoms with Crippen LogP contribution in [0.2, 0.25) is 0 Å². The smallest absolute Gasteiger partial charge is 0.253 e. The molecule has 0 bridgehead atoms. The van der Waals surface area contributed by atoms with Gasteiger partial charge in [-0.3, -0.25) is 39.0 Å². The molecule has 0 aromatic carbocycles. The molecule has 0 radical (unpaired) electrons. The first-order valence-electron chi connectivity index (χ1n) is 17.0.